The molecule has 0 bridgehead atoms. The molecule has 5 heteroatoms. The van der Waals surface area contributed by atoms with E-state index in [0.29, 0.717) is 26.2 Å². The zero-order valence-electron chi connectivity index (χ0n) is 11.6. The number of nitrogens with two attached hydrogens (primary N) is 1. The zero-order chi connectivity index (χ0) is 14.1. The Morgan fingerprint density at radius 1 is 1.32 bits per heavy atom. The maximum absolute atomic E-state index is 13.2. The van der Waals surface area contributed by atoms with Gasteiger partial charge in [-0.25, -0.2) is 4.39 Å². The van der Waals surface area contributed by atoms with E-state index in [9.17, 15) is 4.39 Å². The van der Waals surface area contributed by atoms with Gasteiger partial charge in [-0.2, -0.15) is 0 Å². The molecule has 0 heterocycles. The van der Waals surface area contributed by atoms with Gasteiger partial charge < -0.3 is 9.47 Å². The Bertz CT molecular complexity index is 374. The third-order valence-corrected chi connectivity index (χ3v) is 3.06. The van der Waals surface area contributed by atoms with E-state index in [0.717, 1.165) is 17.5 Å². The van der Waals surface area contributed by atoms with Crippen molar-refractivity contribution in [3.63, 3.8) is 0 Å². The van der Waals surface area contributed by atoms with Crippen LogP contribution < -0.4 is 11.3 Å². The first-order valence-corrected chi connectivity index (χ1v) is 6.45. The molecular weight excluding hydrogens is 247 g/mol. The van der Waals surface area contributed by atoms with Gasteiger partial charge in [-0.05, 0) is 43.0 Å². The van der Waals surface area contributed by atoms with Crippen molar-refractivity contribution in [1.29, 1.82) is 0 Å². The van der Waals surface area contributed by atoms with Gasteiger partial charge in [-0.15, -0.1) is 0 Å². The maximum Gasteiger partial charge on any atom is 0.123 e. The molecule has 1 aromatic carbocycles. The first-order valence-electron chi connectivity index (χ1n) is 6.45. The van der Waals surface area contributed by atoms with Gasteiger partial charge in [-0.3, -0.25) is 11.3 Å². The molecule has 0 aliphatic heterocycles. The molecule has 19 heavy (non-hydrogen) atoms. The van der Waals surface area contributed by atoms with Crippen LogP contribution in [0.1, 0.15) is 17.5 Å². The van der Waals surface area contributed by atoms with Gasteiger partial charge in [0.05, 0.1) is 13.2 Å². The third-order valence-electron chi connectivity index (χ3n) is 3.06. The van der Waals surface area contributed by atoms with Crippen LogP contribution in [-0.2, 0) is 15.9 Å². The number of hydrazine groups is 1. The molecule has 0 fully saturated rings. The highest BCUT2D eigenvalue weighted by Gasteiger charge is 2.10. The average molecular weight is 270 g/mol. The molecule has 108 valence electrons. The van der Waals surface area contributed by atoms with Gasteiger partial charge in [0.25, 0.3) is 0 Å². The van der Waals surface area contributed by atoms with Crippen molar-refractivity contribution < 1.29 is 13.9 Å². The fourth-order valence-corrected chi connectivity index (χ4v) is 1.84. The monoisotopic (exact) mass is 270 g/mol. The van der Waals surface area contributed by atoms with Crippen molar-refractivity contribution in [3.8, 4) is 0 Å². The summed E-state index contributed by atoms with van der Waals surface area (Å²) in [7, 11) is 1.64. The van der Waals surface area contributed by atoms with Crippen molar-refractivity contribution in [2.75, 3.05) is 26.9 Å². The van der Waals surface area contributed by atoms with E-state index in [1.54, 1.807) is 19.2 Å². The minimum Gasteiger partial charge on any atom is -0.382 e. The Kier molecular flexibility index (Phi) is 7.59. The van der Waals surface area contributed by atoms with Crippen LogP contribution in [0, 0.1) is 12.7 Å². The standard InChI is InChI=1S/C14H23FN2O2/c1-11-3-4-13(15)9-12(11)10-14(17-16)5-6-19-8-7-18-2/h3-4,9,14,17H,5-8,10,16H2,1-2H3. The van der Waals surface area contributed by atoms with Crippen LogP contribution in [0.25, 0.3) is 0 Å². The predicted molar refractivity (Wildman–Crippen MR) is 73.3 cm³/mol. The smallest absolute Gasteiger partial charge is 0.123 e. The molecule has 1 aromatic rings. The Morgan fingerprint density at radius 3 is 2.79 bits per heavy atom. The van der Waals surface area contributed by atoms with Gasteiger partial charge in [-0.1, -0.05) is 6.07 Å². The summed E-state index contributed by atoms with van der Waals surface area (Å²) in [5.41, 5.74) is 4.80. The normalized spacial score (nSPS) is 12.6. The van der Waals surface area contributed by atoms with E-state index >= 15 is 0 Å². The predicted octanol–water partition coefficient (Wildman–Crippen LogP) is 1.56. The number of halogens is 1. The van der Waals surface area contributed by atoms with Crippen LogP contribution in [0.5, 0.6) is 0 Å². The van der Waals surface area contributed by atoms with Gasteiger partial charge in [0.15, 0.2) is 0 Å². The van der Waals surface area contributed by atoms with Crippen molar-refractivity contribution >= 4 is 0 Å². The number of rotatable bonds is 9. The number of nitrogens with one attached hydrogen (secondary N) is 1. The molecule has 1 atom stereocenters. The average Bonchev–Trinajstić information content (AvgIpc) is 2.41. The molecule has 0 saturated carbocycles. The van der Waals surface area contributed by atoms with E-state index in [1.165, 1.54) is 6.07 Å². The lowest BCUT2D eigenvalue weighted by molar-refractivity contribution is 0.0658. The summed E-state index contributed by atoms with van der Waals surface area (Å²) >= 11 is 0. The van der Waals surface area contributed by atoms with E-state index in [-0.39, 0.29) is 11.9 Å². The fourth-order valence-electron chi connectivity index (χ4n) is 1.84. The van der Waals surface area contributed by atoms with Crippen LogP contribution in [-0.4, -0.2) is 33.0 Å². The summed E-state index contributed by atoms with van der Waals surface area (Å²) < 4.78 is 23.5. The summed E-state index contributed by atoms with van der Waals surface area (Å²) in [5.74, 6) is 5.31. The lowest BCUT2D eigenvalue weighted by Gasteiger charge is -2.17. The fraction of sp³-hybridized carbons (Fsp3) is 0.571. The van der Waals surface area contributed by atoms with E-state index in [2.05, 4.69) is 5.43 Å². The molecular formula is C14H23FN2O2. The SMILES string of the molecule is COCCOCCC(Cc1cc(F)ccc1C)NN. The summed E-state index contributed by atoms with van der Waals surface area (Å²) in [6.45, 7) is 3.74. The van der Waals surface area contributed by atoms with E-state index in [1.807, 2.05) is 6.92 Å². The molecule has 4 nitrogen and oxygen atoms in total. The number of hydrogen-bond donors (Lipinski definition) is 2. The molecule has 1 rings (SSSR count). The highest BCUT2D eigenvalue weighted by Crippen LogP contribution is 2.13. The summed E-state index contributed by atoms with van der Waals surface area (Å²) in [6.07, 6.45) is 1.46. The number of methoxy groups -OCH3 is 1. The second-order valence-corrected chi connectivity index (χ2v) is 4.53. The van der Waals surface area contributed by atoms with E-state index in [4.69, 9.17) is 15.3 Å². The third kappa shape index (κ3) is 6.11. The van der Waals surface area contributed by atoms with Crippen LogP contribution in [0.2, 0.25) is 0 Å². The highest BCUT2D eigenvalue weighted by atomic mass is 19.1. The first kappa shape index (κ1) is 16.0. The molecule has 0 spiro atoms. The number of hydrogen-bond acceptors (Lipinski definition) is 4. The molecule has 0 amide bonds. The Balaban J connectivity index is 2.41. The lowest BCUT2D eigenvalue weighted by Crippen LogP contribution is -2.37. The van der Waals surface area contributed by atoms with Crippen LogP contribution in [0.4, 0.5) is 4.39 Å². The quantitative estimate of drug-likeness (QED) is 0.406. The van der Waals surface area contributed by atoms with Crippen molar-refractivity contribution in [2.24, 2.45) is 5.84 Å². The van der Waals surface area contributed by atoms with Gasteiger partial charge in [0.1, 0.15) is 5.82 Å². The summed E-state index contributed by atoms with van der Waals surface area (Å²) in [4.78, 5) is 0. The van der Waals surface area contributed by atoms with Gasteiger partial charge in [0, 0.05) is 19.8 Å². The second kappa shape index (κ2) is 8.98. The highest BCUT2D eigenvalue weighted by molar-refractivity contribution is 5.27. The molecule has 0 radical (unpaired) electrons. The number of ether oxygens (including phenoxy) is 2. The van der Waals surface area contributed by atoms with Crippen LogP contribution in [0.15, 0.2) is 18.2 Å². The minimum absolute atomic E-state index is 0.0723. The largest absolute Gasteiger partial charge is 0.382 e. The van der Waals surface area contributed by atoms with Gasteiger partial charge in [0.2, 0.25) is 0 Å². The second-order valence-electron chi connectivity index (χ2n) is 4.53. The van der Waals surface area contributed by atoms with E-state index < -0.39 is 0 Å². The lowest BCUT2D eigenvalue weighted by atomic mass is 10.00. The Labute approximate surface area is 114 Å². The number of aryl methyl sites for hydroxylation is 1. The van der Waals surface area contributed by atoms with Crippen LogP contribution >= 0.6 is 0 Å². The van der Waals surface area contributed by atoms with Crippen LogP contribution in [0.3, 0.4) is 0 Å². The molecule has 3 N–H and O–H groups in total. The van der Waals surface area contributed by atoms with Gasteiger partial charge >= 0.3 is 0 Å². The topological polar surface area (TPSA) is 56.5 Å². The zero-order valence-corrected chi connectivity index (χ0v) is 11.6. The molecule has 0 aromatic heterocycles. The van der Waals surface area contributed by atoms with Crippen molar-refractivity contribution in [2.45, 2.75) is 25.8 Å². The Hall–Kier alpha value is -1.01. The summed E-state index contributed by atoms with van der Waals surface area (Å²) in [6, 6.07) is 4.89. The molecule has 0 aliphatic carbocycles. The first-order chi connectivity index (χ1) is 9.17. The molecule has 0 aliphatic rings. The molecule has 0 saturated heterocycles. The Morgan fingerprint density at radius 2 is 2.11 bits per heavy atom. The van der Waals surface area contributed by atoms with Crippen molar-refractivity contribution in [1.82, 2.24) is 5.43 Å². The number of benzene rings is 1. The van der Waals surface area contributed by atoms with Crippen molar-refractivity contribution in [3.05, 3.63) is 35.1 Å². The summed E-state index contributed by atoms with van der Waals surface area (Å²) in [5, 5.41) is 0. The molecule has 1 unspecified atom stereocenters. The minimum atomic E-state index is -0.215. The maximum atomic E-state index is 13.2.